The molecule has 0 aromatic heterocycles. The summed E-state index contributed by atoms with van der Waals surface area (Å²) in [6, 6.07) is 12.4. The molecule has 126 valence electrons. The standard InChI is InChI=1S/C18H17BrClNO3/c19-17-8-3-12(20)10-16(17)18(22)21-13-4-6-14(7-5-13)24-11-15-2-1-9-23-15/h3-8,10,15H,1-2,9,11H2,(H,21,22). The molecule has 0 radical (unpaired) electrons. The summed E-state index contributed by atoms with van der Waals surface area (Å²) in [7, 11) is 0. The molecule has 1 aliphatic heterocycles. The van der Waals surface area contributed by atoms with E-state index in [1.165, 1.54) is 0 Å². The fourth-order valence-electron chi connectivity index (χ4n) is 2.47. The van der Waals surface area contributed by atoms with Crippen LogP contribution in [-0.2, 0) is 4.74 Å². The lowest BCUT2D eigenvalue weighted by Crippen LogP contribution is -2.16. The molecule has 0 aliphatic carbocycles. The number of carbonyl (C=O) groups excluding carboxylic acids is 1. The van der Waals surface area contributed by atoms with Gasteiger partial charge in [0.1, 0.15) is 12.4 Å². The van der Waals surface area contributed by atoms with Gasteiger partial charge in [-0.2, -0.15) is 0 Å². The Morgan fingerprint density at radius 1 is 1.29 bits per heavy atom. The first-order valence-corrected chi connectivity index (χ1v) is 8.90. The van der Waals surface area contributed by atoms with Gasteiger partial charge in [0.25, 0.3) is 5.91 Å². The van der Waals surface area contributed by atoms with Crippen molar-refractivity contribution in [3.8, 4) is 5.75 Å². The molecule has 24 heavy (non-hydrogen) atoms. The summed E-state index contributed by atoms with van der Waals surface area (Å²) in [5, 5.41) is 3.36. The maximum absolute atomic E-state index is 12.3. The van der Waals surface area contributed by atoms with Crippen LogP contribution in [0, 0.1) is 0 Å². The summed E-state index contributed by atoms with van der Waals surface area (Å²) >= 11 is 9.30. The minimum Gasteiger partial charge on any atom is -0.491 e. The molecule has 0 spiro atoms. The van der Waals surface area contributed by atoms with Crippen molar-refractivity contribution >= 4 is 39.1 Å². The Bertz CT molecular complexity index is 715. The number of nitrogens with one attached hydrogen (secondary N) is 1. The van der Waals surface area contributed by atoms with E-state index in [1.807, 2.05) is 12.1 Å². The summed E-state index contributed by atoms with van der Waals surface area (Å²) in [6.45, 7) is 1.37. The first-order chi connectivity index (χ1) is 11.6. The van der Waals surface area contributed by atoms with Crippen LogP contribution in [0.1, 0.15) is 23.2 Å². The van der Waals surface area contributed by atoms with Crippen molar-refractivity contribution in [1.82, 2.24) is 0 Å². The van der Waals surface area contributed by atoms with Gasteiger partial charge < -0.3 is 14.8 Å². The van der Waals surface area contributed by atoms with Crippen LogP contribution < -0.4 is 10.1 Å². The number of anilines is 1. The number of ether oxygens (including phenoxy) is 2. The topological polar surface area (TPSA) is 47.6 Å². The quantitative estimate of drug-likeness (QED) is 0.761. The van der Waals surface area contributed by atoms with Gasteiger partial charge in [0.2, 0.25) is 0 Å². The van der Waals surface area contributed by atoms with Crippen LogP contribution in [0.15, 0.2) is 46.9 Å². The molecule has 0 bridgehead atoms. The molecule has 4 nitrogen and oxygen atoms in total. The van der Waals surface area contributed by atoms with Gasteiger partial charge in [-0.25, -0.2) is 0 Å². The minimum absolute atomic E-state index is 0.185. The zero-order valence-corrected chi connectivity index (χ0v) is 15.3. The molecular formula is C18H17BrClNO3. The van der Waals surface area contributed by atoms with Crippen molar-refractivity contribution in [3.63, 3.8) is 0 Å². The normalized spacial score (nSPS) is 16.8. The number of carbonyl (C=O) groups is 1. The largest absolute Gasteiger partial charge is 0.491 e. The molecule has 1 aliphatic rings. The van der Waals surface area contributed by atoms with Crippen LogP contribution >= 0.6 is 27.5 Å². The highest BCUT2D eigenvalue weighted by molar-refractivity contribution is 9.10. The van der Waals surface area contributed by atoms with Crippen molar-refractivity contribution in [2.75, 3.05) is 18.5 Å². The Kier molecular flexibility index (Phi) is 5.76. The maximum Gasteiger partial charge on any atom is 0.256 e. The molecule has 6 heteroatoms. The minimum atomic E-state index is -0.225. The number of rotatable bonds is 5. The van der Waals surface area contributed by atoms with E-state index in [0.717, 1.165) is 25.2 Å². The van der Waals surface area contributed by atoms with E-state index < -0.39 is 0 Å². The highest BCUT2D eigenvalue weighted by atomic mass is 79.9. The fraction of sp³-hybridized carbons (Fsp3) is 0.278. The van der Waals surface area contributed by atoms with E-state index in [2.05, 4.69) is 21.2 Å². The zero-order valence-electron chi connectivity index (χ0n) is 12.9. The summed E-state index contributed by atoms with van der Waals surface area (Å²) < 4.78 is 11.9. The third-order valence-electron chi connectivity index (χ3n) is 3.75. The SMILES string of the molecule is O=C(Nc1ccc(OCC2CCCO2)cc1)c1cc(Cl)ccc1Br. The van der Waals surface area contributed by atoms with Gasteiger partial charge in [-0.1, -0.05) is 11.6 Å². The Balaban J connectivity index is 1.59. The van der Waals surface area contributed by atoms with E-state index in [-0.39, 0.29) is 12.0 Å². The fourth-order valence-corrected chi connectivity index (χ4v) is 3.07. The zero-order chi connectivity index (χ0) is 16.9. The third-order valence-corrected chi connectivity index (χ3v) is 4.67. The maximum atomic E-state index is 12.3. The smallest absolute Gasteiger partial charge is 0.256 e. The summed E-state index contributed by atoms with van der Waals surface area (Å²) in [5.74, 6) is 0.532. The van der Waals surface area contributed by atoms with Gasteiger partial charge in [-0.3, -0.25) is 4.79 Å². The van der Waals surface area contributed by atoms with E-state index in [0.29, 0.717) is 27.4 Å². The highest BCUT2D eigenvalue weighted by Crippen LogP contribution is 2.23. The van der Waals surface area contributed by atoms with Gasteiger partial charge in [-0.15, -0.1) is 0 Å². The Labute approximate surface area is 154 Å². The first-order valence-electron chi connectivity index (χ1n) is 7.73. The molecule has 1 unspecified atom stereocenters. The predicted molar refractivity (Wildman–Crippen MR) is 98.0 cm³/mol. The van der Waals surface area contributed by atoms with E-state index in [1.54, 1.807) is 30.3 Å². The van der Waals surface area contributed by atoms with Gasteiger partial charge in [0.15, 0.2) is 0 Å². The van der Waals surface area contributed by atoms with E-state index in [4.69, 9.17) is 21.1 Å². The van der Waals surface area contributed by atoms with Crippen LogP contribution in [0.25, 0.3) is 0 Å². The second-order valence-corrected chi connectivity index (χ2v) is 6.84. The number of amides is 1. The number of hydrogen-bond donors (Lipinski definition) is 1. The van der Waals surface area contributed by atoms with Gasteiger partial charge in [0.05, 0.1) is 11.7 Å². The lowest BCUT2D eigenvalue weighted by Gasteiger charge is -2.12. The van der Waals surface area contributed by atoms with Crippen LogP contribution in [0.3, 0.4) is 0 Å². The van der Waals surface area contributed by atoms with Gasteiger partial charge >= 0.3 is 0 Å². The molecular weight excluding hydrogens is 394 g/mol. The van der Waals surface area contributed by atoms with Crippen molar-refractivity contribution in [1.29, 1.82) is 0 Å². The summed E-state index contributed by atoms with van der Waals surface area (Å²) in [4.78, 5) is 12.3. The van der Waals surface area contributed by atoms with Crippen molar-refractivity contribution < 1.29 is 14.3 Å². The van der Waals surface area contributed by atoms with Gasteiger partial charge in [-0.05, 0) is 71.2 Å². The number of benzene rings is 2. The molecule has 1 amide bonds. The third kappa shape index (κ3) is 4.50. The number of hydrogen-bond acceptors (Lipinski definition) is 3. The number of halogens is 2. The van der Waals surface area contributed by atoms with Crippen LogP contribution in [-0.4, -0.2) is 25.2 Å². The molecule has 2 aromatic rings. The summed E-state index contributed by atoms with van der Waals surface area (Å²) in [5.41, 5.74) is 1.18. The lowest BCUT2D eigenvalue weighted by atomic mass is 10.2. The molecule has 2 aromatic carbocycles. The van der Waals surface area contributed by atoms with Crippen LogP contribution in [0.2, 0.25) is 5.02 Å². The summed E-state index contributed by atoms with van der Waals surface area (Å²) in [6.07, 6.45) is 2.32. The Morgan fingerprint density at radius 3 is 2.79 bits per heavy atom. The van der Waals surface area contributed by atoms with Crippen LogP contribution in [0.4, 0.5) is 5.69 Å². The van der Waals surface area contributed by atoms with E-state index in [9.17, 15) is 4.79 Å². The molecule has 0 saturated carbocycles. The van der Waals surface area contributed by atoms with Gasteiger partial charge in [0, 0.05) is 21.8 Å². The molecule has 1 fully saturated rings. The molecule has 1 atom stereocenters. The monoisotopic (exact) mass is 409 g/mol. The molecule has 3 rings (SSSR count). The second-order valence-electron chi connectivity index (χ2n) is 5.55. The first kappa shape index (κ1) is 17.3. The molecule has 1 N–H and O–H groups in total. The Hall–Kier alpha value is -1.56. The lowest BCUT2D eigenvalue weighted by molar-refractivity contribution is 0.0679. The average Bonchev–Trinajstić information content (AvgIpc) is 3.10. The highest BCUT2D eigenvalue weighted by Gasteiger charge is 2.16. The Morgan fingerprint density at radius 2 is 2.08 bits per heavy atom. The van der Waals surface area contributed by atoms with E-state index >= 15 is 0 Å². The van der Waals surface area contributed by atoms with Crippen molar-refractivity contribution in [3.05, 3.63) is 57.5 Å². The molecule has 1 heterocycles. The second kappa shape index (κ2) is 8.01. The van der Waals surface area contributed by atoms with Crippen molar-refractivity contribution in [2.45, 2.75) is 18.9 Å². The van der Waals surface area contributed by atoms with Crippen molar-refractivity contribution in [2.24, 2.45) is 0 Å². The predicted octanol–water partition coefficient (Wildman–Crippen LogP) is 4.91. The average molecular weight is 411 g/mol. The molecule has 1 saturated heterocycles. The van der Waals surface area contributed by atoms with Crippen LogP contribution in [0.5, 0.6) is 5.75 Å².